The number of aromatic nitrogens is 2. The minimum absolute atomic E-state index is 0.0930. The topological polar surface area (TPSA) is 107 Å². The van der Waals surface area contributed by atoms with E-state index >= 15 is 0 Å². The minimum atomic E-state index is -0.497. The summed E-state index contributed by atoms with van der Waals surface area (Å²) in [6, 6.07) is 9.18. The molecule has 4 N–H and O–H groups in total. The largest absolute Gasteiger partial charge is 0.494 e. The highest BCUT2D eigenvalue weighted by Gasteiger charge is 2.24. The van der Waals surface area contributed by atoms with Gasteiger partial charge in [0.15, 0.2) is 5.95 Å². The number of fused-ring (bicyclic) bond motifs is 1. The van der Waals surface area contributed by atoms with Crippen molar-refractivity contribution in [2.45, 2.75) is 13.0 Å². The average Bonchev–Trinajstić information content (AvgIpc) is 2.74. The second kappa shape index (κ2) is 8.91. The van der Waals surface area contributed by atoms with Crippen molar-refractivity contribution < 1.29 is 13.5 Å². The Bertz CT molecular complexity index is 1210. The number of halogens is 2. The number of aromatic amines is 1. The third-order valence-electron chi connectivity index (χ3n) is 5.48. The molecular weight excluding hydrogens is 416 g/mol. The van der Waals surface area contributed by atoms with Crippen LogP contribution in [0.25, 0.3) is 10.9 Å². The number of rotatable bonds is 4. The Labute approximate surface area is 183 Å². The van der Waals surface area contributed by atoms with Gasteiger partial charge in [0.25, 0.3) is 0 Å². The molecule has 168 valence electrons. The molecule has 3 aromatic rings. The van der Waals surface area contributed by atoms with Crippen molar-refractivity contribution in [1.29, 1.82) is 5.41 Å². The molecule has 1 fully saturated rings. The van der Waals surface area contributed by atoms with Crippen molar-refractivity contribution >= 4 is 28.4 Å². The average molecular weight is 441 g/mol. The van der Waals surface area contributed by atoms with Gasteiger partial charge in [-0.15, -0.1) is 0 Å². The van der Waals surface area contributed by atoms with E-state index in [0.29, 0.717) is 17.4 Å². The van der Waals surface area contributed by atoms with Gasteiger partial charge in [-0.25, -0.2) is 18.8 Å². The molecule has 0 aliphatic carbocycles. The molecule has 0 bridgehead atoms. The van der Waals surface area contributed by atoms with Crippen molar-refractivity contribution in [1.82, 2.24) is 14.9 Å². The summed E-state index contributed by atoms with van der Waals surface area (Å²) in [5, 5.41) is 8.78. The number of ether oxygens (including phenoxy) is 1. The zero-order chi connectivity index (χ0) is 22.8. The van der Waals surface area contributed by atoms with Gasteiger partial charge in [0.1, 0.15) is 34.2 Å². The lowest BCUT2D eigenvalue weighted by Crippen LogP contribution is -2.53. The predicted molar refractivity (Wildman–Crippen MR) is 120 cm³/mol. The fourth-order valence-electron chi connectivity index (χ4n) is 4.03. The maximum Gasteiger partial charge on any atom is 0.199 e. The van der Waals surface area contributed by atoms with Crippen LogP contribution in [0, 0.1) is 17.0 Å². The van der Waals surface area contributed by atoms with Gasteiger partial charge in [-0.3, -0.25) is 10.3 Å². The fraction of sp³-hybridized carbons (Fsp3) is 0.318. The minimum Gasteiger partial charge on any atom is -0.494 e. The van der Waals surface area contributed by atoms with Crippen molar-refractivity contribution in [3.63, 3.8) is 0 Å². The van der Waals surface area contributed by atoms with Crippen molar-refractivity contribution in [3.8, 4) is 5.75 Å². The van der Waals surface area contributed by atoms with E-state index in [-0.39, 0.29) is 34.9 Å². The van der Waals surface area contributed by atoms with Crippen molar-refractivity contribution in [2.24, 2.45) is 4.99 Å². The Morgan fingerprint density at radius 3 is 2.69 bits per heavy atom. The molecule has 0 saturated carbocycles. The maximum atomic E-state index is 14.0. The number of anilines is 2. The Balaban J connectivity index is 1.52. The van der Waals surface area contributed by atoms with E-state index < -0.39 is 5.82 Å². The molecule has 1 aliphatic heterocycles. The first-order valence-electron chi connectivity index (χ1n) is 10.2. The number of nitrogens with two attached hydrogens (primary N) is 1. The molecule has 2 aromatic carbocycles. The Hall–Kier alpha value is -3.53. The normalized spacial score (nSPS) is 17.7. The summed E-state index contributed by atoms with van der Waals surface area (Å²) in [5.74, 6) is -0.305. The molecule has 0 radical (unpaired) electrons. The van der Waals surface area contributed by atoms with E-state index in [4.69, 9.17) is 15.9 Å². The Morgan fingerprint density at radius 2 is 2.00 bits per heavy atom. The molecule has 1 aromatic heterocycles. The van der Waals surface area contributed by atoms with Crippen LogP contribution in [-0.2, 0) is 0 Å². The van der Waals surface area contributed by atoms with Crippen LogP contribution in [0.2, 0.25) is 0 Å². The molecule has 1 aliphatic rings. The molecule has 0 amide bonds. The smallest absolute Gasteiger partial charge is 0.199 e. The first-order chi connectivity index (χ1) is 15.3. The van der Waals surface area contributed by atoms with Gasteiger partial charge in [0.05, 0.1) is 13.7 Å². The summed E-state index contributed by atoms with van der Waals surface area (Å²) in [5.41, 5.74) is 7.46. The van der Waals surface area contributed by atoms with Crippen LogP contribution >= 0.6 is 0 Å². The van der Waals surface area contributed by atoms with E-state index in [0.717, 1.165) is 25.3 Å². The van der Waals surface area contributed by atoms with Gasteiger partial charge < -0.3 is 20.4 Å². The number of hydrogen-bond donors (Lipinski definition) is 3. The monoisotopic (exact) mass is 441 g/mol. The zero-order valence-corrected chi connectivity index (χ0v) is 17.9. The lowest BCUT2D eigenvalue weighted by Gasteiger charge is -2.41. The standard InChI is InChI=1S/C22H25F2N7O/c1-13-11-30(7-8-31(13)16-5-3-14(23)4-6-16)12-19(25)27-21-17-9-15(24)10-18(32-2)20(17)28-22(26)29-21/h3-6,9-10,13H,7-8,11-12H2,1-2H3,(H4,25,26,27,28,29)/t13-/m1/s1. The van der Waals surface area contributed by atoms with Gasteiger partial charge in [-0.2, -0.15) is 0 Å². The van der Waals surface area contributed by atoms with E-state index in [1.165, 1.54) is 31.4 Å². The molecule has 10 heteroatoms. The lowest BCUT2D eigenvalue weighted by atomic mass is 10.1. The summed E-state index contributed by atoms with van der Waals surface area (Å²) < 4.78 is 32.5. The molecule has 32 heavy (non-hydrogen) atoms. The zero-order valence-electron chi connectivity index (χ0n) is 17.9. The first kappa shape index (κ1) is 21.7. The number of hydrogen-bond acceptors (Lipinski definition) is 6. The lowest BCUT2D eigenvalue weighted by molar-refractivity contribution is 0.256. The fourth-order valence-corrected chi connectivity index (χ4v) is 4.03. The van der Waals surface area contributed by atoms with Crippen LogP contribution in [0.1, 0.15) is 6.92 Å². The second-order valence-electron chi connectivity index (χ2n) is 7.79. The molecule has 0 unspecified atom stereocenters. The quantitative estimate of drug-likeness (QED) is 0.426. The number of H-pyrrole nitrogens is 1. The van der Waals surface area contributed by atoms with Gasteiger partial charge in [0, 0.05) is 42.8 Å². The van der Waals surface area contributed by atoms with Crippen molar-refractivity contribution in [2.75, 3.05) is 43.9 Å². The number of methoxy groups -OCH3 is 1. The highest BCUT2D eigenvalue weighted by atomic mass is 19.1. The molecule has 1 saturated heterocycles. The summed E-state index contributed by atoms with van der Waals surface area (Å²) >= 11 is 0. The number of benzene rings is 2. The maximum absolute atomic E-state index is 14.0. The van der Waals surface area contributed by atoms with Gasteiger partial charge in [-0.05, 0) is 37.3 Å². The molecule has 0 spiro atoms. The van der Waals surface area contributed by atoms with Crippen LogP contribution in [0.5, 0.6) is 5.75 Å². The van der Waals surface area contributed by atoms with Gasteiger partial charge >= 0.3 is 0 Å². The third kappa shape index (κ3) is 4.54. The van der Waals surface area contributed by atoms with Crippen LogP contribution in [-0.4, -0.2) is 60.0 Å². The van der Waals surface area contributed by atoms with Crippen LogP contribution in [0.3, 0.4) is 0 Å². The van der Waals surface area contributed by atoms with Crippen LogP contribution in [0.4, 0.5) is 20.4 Å². The number of nitrogens with zero attached hydrogens (tertiary/aromatic N) is 4. The molecule has 4 rings (SSSR count). The highest BCUT2D eigenvalue weighted by Crippen LogP contribution is 2.23. The number of amidine groups is 1. The highest BCUT2D eigenvalue weighted by molar-refractivity contribution is 5.87. The van der Waals surface area contributed by atoms with Gasteiger partial charge in [0.2, 0.25) is 0 Å². The number of nitrogens with one attached hydrogen (secondary N) is 2. The Morgan fingerprint density at radius 1 is 1.25 bits per heavy atom. The van der Waals surface area contributed by atoms with Crippen molar-refractivity contribution in [3.05, 3.63) is 53.5 Å². The summed E-state index contributed by atoms with van der Waals surface area (Å²) in [6.07, 6.45) is 0. The Kier molecular flexibility index (Phi) is 6.04. The van der Waals surface area contributed by atoms with Crippen LogP contribution in [0.15, 0.2) is 41.4 Å². The van der Waals surface area contributed by atoms with Crippen LogP contribution < -0.4 is 20.9 Å². The SMILES string of the molecule is COc1cc(F)cc2/c(=N/C(=N)CN3CCN(c4ccc(F)cc4)[C@H](C)C3)[nH]c(N)nc12. The van der Waals surface area contributed by atoms with Gasteiger partial charge in [-0.1, -0.05) is 0 Å². The number of nitrogen functional groups attached to an aromatic ring is 1. The third-order valence-corrected chi connectivity index (χ3v) is 5.48. The summed E-state index contributed by atoms with van der Waals surface area (Å²) in [6.45, 7) is 4.62. The summed E-state index contributed by atoms with van der Waals surface area (Å²) in [7, 11) is 1.43. The van der Waals surface area contributed by atoms with E-state index in [1.807, 2.05) is 0 Å². The first-order valence-corrected chi connectivity index (χ1v) is 10.2. The van der Waals surface area contributed by atoms with E-state index in [9.17, 15) is 8.78 Å². The second-order valence-corrected chi connectivity index (χ2v) is 7.79. The summed E-state index contributed by atoms with van der Waals surface area (Å²) in [4.78, 5) is 15.7. The molecular formula is C22H25F2N7O. The predicted octanol–water partition coefficient (Wildman–Crippen LogP) is 2.52. The molecule has 2 heterocycles. The number of piperazine rings is 1. The van der Waals surface area contributed by atoms with E-state index in [1.54, 1.807) is 12.1 Å². The molecule has 1 atom stereocenters. The van der Waals surface area contributed by atoms with E-state index in [2.05, 4.69) is 31.7 Å². The molecule has 8 nitrogen and oxygen atoms in total.